The molecule has 5 heteroatoms. The van der Waals surface area contributed by atoms with Gasteiger partial charge in [0.1, 0.15) is 11.4 Å². The van der Waals surface area contributed by atoms with E-state index in [2.05, 4.69) is 9.72 Å². The highest BCUT2D eigenvalue weighted by molar-refractivity contribution is 6.04. The third-order valence-corrected chi connectivity index (χ3v) is 2.67. The Bertz CT molecular complexity index is 611. The molecule has 2 N–H and O–H groups in total. The molecule has 0 bridgehead atoms. The number of anilines is 1. The Labute approximate surface area is 97.2 Å². The van der Waals surface area contributed by atoms with Gasteiger partial charge in [0, 0.05) is 17.1 Å². The number of rotatable bonds is 1. The number of pyridine rings is 1. The molecule has 0 amide bonds. The van der Waals surface area contributed by atoms with Gasteiger partial charge in [-0.15, -0.1) is 0 Å². The summed E-state index contributed by atoms with van der Waals surface area (Å²) >= 11 is 0. The molecule has 0 saturated heterocycles. The van der Waals surface area contributed by atoms with Crippen molar-refractivity contribution in [1.82, 2.24) is 4.98 Å². The third-order valence-electron chi connectivity index (χ3n) is 2.67. The molecular formula is C12H11FN2O2. The summed E-state index contributed by atoms with van der Waals surface area (Å²) in [5, 5.41) is 0.548. The molecule has 0 atom stereocenters. The van der Waals surface area contributed by atoms with E-state index in [9.17, 15) is 9.18 Å². The smallest absolute Gasteiger partial charge is 0.341 e. The van der Waals surface area contributed by atoms with Gasteiger partial charge in [-0.25, -0.2) is 9.18 Å². The van der Waals surface area contributed by atoms with Gasteiger partial charge in [0.25, 0.3) is 0 Å². The van der Waals surface area contributed by atoms with Gasteiger partial charge in [0.05, 0.1) is 18.3 Å². The molecule has 17 heavy (non-hydrogen) atoms. The van der Waals surface area contributed by atoms with Gasteiger partial charge in [-0.1, -0.05) is 0 Å². The summed E-state index contributed by atoms with van der Waals surface area (Å²) in [6, 6.07) is 2.81. The largest absolute Gasteiger partial charge is 0.465 e. The zero-order valence-electron chi connectivity index (χ0n) is 9.45. The number of halogens is 1. The van der Waals surface area contributed by atoms with Crippen molar-refractivity contribution in [2.45, 2.75) is 6.92 Å². The number of carbonyl (C=O) groups is 1. The zero-order chi connectivity index (χ0) is 12.6. The fourth-order valence-corrected chi connectivity index (χ4v) is 1.68. The van der Waals surface area contributed by atoms with Crippen LogP contribution >= 0.6 is 0 Å². The number of aromatic nitrogens is 1. The lowest BCUT2D eigenvalue weighted by atomic mass is 10.1. The fraction of sp³-hybridized carbons (Fsp3) is 0.167. The molecule has 0 unspecified atom stereocenters. The Hall–Kier alpha value is -2.17. The van der Waals surface area contributed by atoms with Crippen molar-refractivity contribution in [3.05, 3.63) is 35.3 Å². The number of ether oxygens (including phenoxy) is 1. The van der Waals surface area contributed by atoms with Crippen LogP contribution in [0.1, 0.15) is 15.9 Å². The van der Waals surface area contributed by atoms with Gasteiger partial charge in [-0.05, 0) is 19.1 Å². The predicted octanol–water partition coefficient (Wildman–Crippen LogP) is 2.05. The first-order valence-electron chi connectivity index (χ1n) is 4.98. The first kappa shape index (κ1) is 11.3. The van der Waals surface area contributed by atoms with Crippen molar-refractivity contribution in [2.75, 3.05) is 12.8 Å². The van der Waals surface area contributed by atoms with Crippen LogP contribution in [0.2, 0.25) is 0 Å². The number of fused-ring (bicyclic) bond motifs is 1. The van der Waals surface area contributed by atoms with E-state index in [0.29, 0.717) is 16.5 Å². The summed E-state index contributed by atoms with van der Waals surface area (Å²) in [6.45, 7) is 1.61. The molecule has 0 aliphatic rings. The van der Waals surface area contributed by atoms with Crippen molar-refractivity contribution >= 4 is 22.6 Å². The Kier molecular flexibility index (Phi) is 2.67. The maximum absolute atomic E-state index is 13.3. The minimum atomic E-state index is -0.557. The molecule has 2 rings (SSSR count). The highest BCUT2D eigenvalue weighted by Gasteiger charge is 2.15. The van der Waals surface area contributed by atoms with Crippen LogP contribution < -0.4 is 5.73 Å². The highest BCUT2D eigenvalue weighted by Crippen LogP contribution is 2.26. The van der Waals surface area contributed by atoms with Crippen LogP contribution in [-0.4, -0.2) is 18.1 Å². The number of methoxy groups -OCH3 is 1. The number of nitrogen functional groups attached to an aromatic ring is 1. The standard InChI is InChI=1S/C12H11FN2O2/c1-6-9(13)4-3-7-10(14)8(12(16)17-2)5-15-11(6)7/h3-5H,1-2H3,(H2,14,15). The highest BCUT2D eigenvalue weighted by atomic mass is 19.1. The lowest BCUT2D eigenvalue weighted by Gasteiger charge is -2.08. The van der Waals surface area contributed by atoms with E-state index in [1.165, 1.54) is 25.4 Å². The lowest BCUT2D eigenvalue weighted by molar-refractivity contribution is 0.0601. The van der Waals surface area contributed by atoms with E-state index in [1.807, 2.05) is 0 Å². The van der Waals surface area contributed by atoms with Gasteiger partial charge >= 0.3 is 5.97 Å². The van der Waals surface area contributed by atoms with Gasteiger partial charge in [0.15, 0.2) is 0 Å². The van der Waals surface area contributed by atoms with E-state index >= 15 is 0 Å². The molecule has 0 saturated carbocycles. The van der Waals surface area contributed by atoms with Crippen LogP contribution in [-0.2, 0) is 4.74 Å². The number of benzene rings is 1. The van der Waals surface area contributed by atoms with Crippen LogP contribution in [0, 0.1) is 12.7 Å². The lowest BCUT2D eigenvalue weighted by Crippen LogP contribution is -2.07. The zero-order valence-corrected chi connectivity index (χ0v) is 9.45. The maximum Gasteiger partial charge on any atom is 0.341 e. The monoisotopic (exact) mass is 234 g/mol. The van der Waals surface area contributed by atoms with Crippen LogP contribution in [0.25, 0.3) is 10.9 Å². The minimum Gasteiger partial charge on any atom is -0.465 e. The van der Waals surface area contributed by atoms with Gasteiger partial charge < -0.3 is 10.5 Å². The number of carbonyl (C=O) groups excluding carboxylic acids is 1. The van der Waals surface area contributed by atoms with Crippen LogP contribution in [0.5, 0.6) is 0 Å². The van der Waals surface area contributed by atoms with Crippen molar-refractivity contribution in [3.8, 4) is 0 Å². The first-order chi connectivity index (χ1) is 8.06. The van der Waals surface area contributed by atoms with Crippen LogP contribution in [0.3, 0.4) is 0 Å². The second-order valence-electron chi connectivity index (χ2n) is 3.65. The number of nitrogens with zero attached hydrogens (tertiary/aromatic N) is 1. The molecule has 0 aliphatic heterocycles. The molecule has 4 nitrogen and oxygen atoms in total. The van der Waals surface area contributed by atoms with Gasteiger partial charge in [-0.2, -0.15) is 0 Å². The summed E-state index contributed by atoms with van der Waals surface area (Å²) in [4.78, 5) is 15.5. The fourth-order valence-electron chi connectivity index (χ4n) is 1.68. The first-order valence-corrected chi connectivity index (χ1v) is 4.98. The number of aryl methyl sites for hydroxylation is 1. The summed E-state index contributed by atoms with van der Waals surface area (Å²) in [5.41, 5.74) is 7.15. The SMILES string of the molecule is COC(=O)c1cnc2c(C)c(F)ccc2c1N. The topological polar surface area (TPSA) is 65.2 Å². The normalized spacial score (nSPS) is 10.5. The van der Waals surface area contributed by atoms with Gasteiger partial charge in [-0.3, -0.25) is 4.98 Å². The number of hydrogen-bond donors (Lipinski definition) is 1. The Morgan fingerprint density at radius 1 is 1.47 bits per heavy atom. The molecule has 88 valence electrons. The van der Waals surface area contributed by atoms with E-state index in [-0.39, 0.29) is 17.1 Å². The van der Waals surface area contributed by atoms with Crippen molar-refractivity contribution < 1.29 is 13.9 Å². The molecular weight excluding hydrogens is 223 g/mol. The Morgan fingerprint density at radius 3 is 2.82 bits per heavy atom. The summed E-state index contributed by atoms with van der Waals surface area (Å²) in [6.07, 6.45) is 1.30. The molecule has 0 aliphatic carbocycles. The molecule has 1 heterocycles. The van der Waals surface area contributed by atoms with Crippen LogP contribution in [0.15, 0.2) is 18.3 Å². The van der Waals surface area contributed by atoms with Crippen molar-refractivity contribution in [2.24, 2.45) is 0 Å². The minimum absolute atomic E-state index is 0.186. The van der Waals surface area contributed by atoms with Crippen molar-refractivity contribution in [1.29, 1.82) is 0 Å². The molecule has 0 spiro atoms. The third kappa shape index (κ3) is 1.69. The van der Waals surface area contributed by atoms with E-state index in [0.717, 1.165) is 0 Å². The average molecular weight is 234 g/mol. The number of hydrogen-bond acceptors (Lipinski definition) is 4. The molecule has 0 fully saturated rings. The van der Waals surface area contributed by atoms with Crippen LogP contribution in [0.4, 0.5) is 10.1 Å². The van der Waals surface area contributed by atoms with Gasteiger partial charge in [0.2, 0.25) is 0 Å². The maximum atomic E-state index is 13.3. The summed E-state index contributed by atoms with van der Waals surface area (Å²) in [5.74, 6) is -0.908. The predicted molar refractivity (Wildman–Crippen MR) is 62.2 cm³/mol. The van der Waals surface area contributed by atoms with E-state index in [4.69, 9.17) is 5.73 Å². The number of nitrogens with two attached hydrogens (primary N) is 1. The number of esters is 1. The molecule has 1 aromatic heterocycles. The summed E-state index contributed by atoms with van der Waals surface area (Å²) in [7, 11) is 1.27. The quantitative estimate of drug-likeness (QED) is 0.767. The molecule has 2 aromatic rings. The molecule has 0 radical (unpaired) electrons. The van der Waals surface area contributed by atoms with E-state index < -0.39 is 5.97 Å². The second-order valence-corrected chi connectivity index (χ2v) is 3.65. The Balaban J connectivity index is 2.77. The van der Waals surface area contributed by atoms with E-state index in [1.54, 1.807) is 6.92 Å². The molecule has 1 aromatic carbocycles. The summed E-state index contributed by atoms with van der Waals surface area (Å²) < 4.78 is 17.9. The van der Waals surface area contributed by atoms with Crippen molar-refractivity contribution in [3.63, 3.8) is 0 Å². The average Bonchev–Trinajstić information content (AvgIpc) is 2.33. The Morgan fingerprint density at radius 2 is 2.18 bits per heavy atom. The second kappa shape index (κ2) is 4.01.